The highest BCUT2D eigenvalue weighted by atomic mass is 16.3. The molecule has 0 saturated heterocycles. The van der Waals surface area contributed by atoms with E-state index in [1.54, 1.807) is 0 Å². The third-order valence-electron chi connectivity index (χ3n) is 13.8. The topological polar surface area (TPSA) is 13.1 Å². The Balaban J connectivity index is 0.941. The molecule has 0 N–H and O–H groups in total. The second-order valence-electron chi connectivity index (χ2n) is 17.6. The predicted octanol–water partition coefficient (Wildman–Crippen LogP) is 17.2. The molecular formula is C61H40O. The van der Waals surface area contributed by atoms with Gasteiger partial charge in [-0.15, -0.1) is 0 Å². The van der Waals surface area contributed by atoms with E-state index in [0.717, 1.165) is 21.9 Å². The molecule has 12 aromatic rings. The highest BCUT2D eigenvalue weighted by Crippen LogP contribution is 2.51. The standard InChI is InChI=1S/C61H40O/c1-61(2)55-29-26-42(33-51(55)52-32-40-13-3-4-14-41(40)36-56(52)61)43-27-30-57-53(34-43)54-35-44(28-31-58(54)62-57)60-49-19-9-7-17-47(49)59(48-18-8-10-20-50(48)60)39-24-22-38(23-25-39)46-21-11-15-37-12-5-6-16-45(37)46/h3-36H,1-2H3. The van der Waals surface area contributed by atoms with E-state index in [4.69, 9.17) is 4.42 Å². The van der Waals surface area contributed by atoms with Crippen molar-refractivity contribution in [2.45, 2.75) is 19.3 Å². The molecule has 0 radical (unpaired) electrons. The quantitative estimate of drug-likeness (QED) is 0.162. The minimum atomic E-state index is -0.0659. The third kappa shape index (κ3) is 5.15. The van der Waals surface area contributed by atoms with Gasteiger partial charge < -0.3 is 4.42 Å². The van der Waals surface area contributed by atoms with Crippen molar-refractivity contribution in [1.29, 1.82) is 0 Å². The third-order valence-corrected chi connectivity index (χ3v) is 13.8. The Labute approximate surface area is 360 Å². The summed E-state index contributed by atoms with van der Waals surface area (Å²) in [4.78, 5) is 0. The van der Waals surface area contributed by atoms with Gasteiger partial charge in [-0.3, -0.25) is 0 Å². The highest BCUT2D eigenvalue weighted by molar-refractivity contribution is 6.22. The van der Waals surface area contributed by atoms with Crippen molar-refractivity contribution in [3.8, 4) is 55.6 Å². The van der Waals surface area contributed by atoms with E-state index >= 15 is 0 Å². The van der Waals surface area contributed by atoms with Crippen LogP contribution < -0.4 is 0 Å². The average Bonchev–Trinajstić information content (AvgIpc) is 3.79. The van der Waals surface area contributed by atoms with Gasteiger partial charge >= 0.3 is 0 Å². The zero-order chi connectivity index (χ0) is 41.1. The van der Waals surface area contributed by atoms with E-state index < -0.39 is 0 Å². The molecule has 0 amide bonds. The monoisotopic (exact) mass is 788 g/mol. The van der Waals surface area contributed by atoms with Crippen LogP contribution in [0, 0.1) is 0 Å². The van der Waals surface area contributed by atoms with Gasteiger partial charge in [-0.05, 0) is 152 Å². The number of benzene rings is 11. The second-order valence-corrected chi connectivity index (χ2v) is 17.6. The van der Waals surface area contributed by atoms with E-state index in [1.165, 1.54) is 110 Å². The number of rotatable bonds is 4. The van der Waals surface area contributed by atoms with Gasteiger partial charge in [0.15, 0.2) is 0 Å². The van der Waals surface area contributed by atoms with Crippen molar-refractivity contribution in [3.05, 3.63) is 217 Å². The minimum absolute atomic E-state index is 0.0659. The maximum atomic E-state index is 6.54. The van der Waals surface area contributed by atoms with Crippen molar-refractivity contribution in [2.24, 2.45) is 0 Å². The second kappa shape index (κ2) is 13.1. The van der Waals surface area contributed by atoms with Crippen molar-refractivity contribution in [1.82, 2.24) is 0 Å². The molecule has 11 aromatic carbocycles. The largest absolute Gasteiger partial charge is 0.456 e. The number of furan rings is 1. The van der Waals surface area contributed by atoms with E-state index in [9.17, 15) is 0 Å². The molecule has 1 aliphatic rings. The molecule has 1 aliphatic carbocycles. The van der Waals surface area contributed by atoms with E-state index in [0.29, 0.717) is 0 Å². The van der Waals surface area contributed by atoms with Crippen LogP contribution in [0.25, 0.3) is 121 Å². The maximum absolute atomic E-state index is 6.54. The Morgan fingerprint density at radius 1 is 0.290 bits per heavy atom. The van der Waals surface area contributed by atoms with Crippen molar-refractivity contribution in [2.75, 3.05) is 0 Å². The van der Waals surface area contributed by atoms with Gasteiger partial charge in [0.25, 0.3) is 0 Å². The van der Waals surface area contributed by atoms with Crippen molar-refractivity contribution < 1.29 is 4.42 Å². The van der Waals surface area contributed by atoms with Gasteiger partial charge in [-0.25, -0.2) is 0 Å². The summed E-state index contributed by atoms with van der Waals surface area (Å²) >= 11 is 0. The molecule has 0 bridgehead atoms. The van der Waals surface area contributed by atoms with Crippen LogP contribution in [0.1, 0.15) is 25.0 Å². The van der Waals surface area contributed by atoms with Gasteiger partial charge in [0.1, 0.15) is 11.2 Å². The average molecular weight is 789 g/mol. The number of fused-ring (bicyclic) bond motifs is 10. The van der Waals surface area contributed by atoms with Crippen LogP contribution in [-0.2, 0) is 5.41 Å². The van der Waals surface area contributed by atoms with Gasteiger partial charge in [-0.2, -0.15) is 0 Å². The number of hydrogen-bond acceptors (Lipinski definition) is 1. The molecule has 1 heterocycles. The first kappa shape index (κ1) is 35.1. The van der Waals surface area contributed by atoms with Crippen LogP contribution in [0.15, 0.2) is 211 Å². The molecule has 0 spiro atoms. The van der Waals surface area contributed by atoms with Crippen LogP contribution in [0.4, 0.5) is 0 Å². The first-order valence-electron chi connectivity index (χ1n) is 21.7. The molecule has 62 heavy (non-hydrogen) atoms. The van der Waals surface area contributed by atoms with E-state index in [1.807, 2.05) is 0 Å². The van der Waals surface area contributed by atoms with E-state index in [-0.39, 0.29) is 5.41 Å². The van der Waals surface area contributed by atoms with E-state index in [2.05, 4.69) is 220 Å². The first-order chi connectivity index (χ1) is 30.5. The zero-order valence-corrected chi connectivity index (χ0v) is 34.5. The molecule has 0 fully saturated rings. The minimum Gasteiger partial charge on any atom is -0.456 e. The fourth-order valence-electron chi connectivity index (χ4n) is 10.8. The summed E-state index contributed by atoms with van der Waals surface area (Å²) < 4.78 is 6.54. The Bertz CT molecular complexity index is 3760. The lowest BCUT2D eigenvalue weighted by Gasteiger charge is -2.22. The Hall–Kier alpha value is -7.74. The molecule has 0 aliphatic heterocycles. The lowest BCUT2D eigenvalue weighted by Crippen LogP contribution is -2.14. The first-order valence-corrected chi connectivity index (χ1v) is 21.7. The fourth-order valence-corrected chi connectivity index (χ4v) is 10.8. The fraction of sp³-hybridized carbons (Fsp3) is 0.0492. The molecule has 290 valence electrons. The summed E-state index contributed by atoms with van der Waals surface area (Å²) in [6.07, 6.45) is 0. The van der Waals surface area contributed by atoms with Crippen LogP contribution in [0.5, 0.6) is 0 Å². The molecule has 0 atom stereocenters. The number of hydrogen-bond donors (Lipinski definition) is 0. The summed E-state index contributed by atoms with van der Waals surface area (Å²) in [5.41, 5.74) is 17.0. The lowest BCUT2D eigenvalue weighted by atomic mass is 9.81. The highest BCUT2D eigenvalue weighted by Gasteiger charge is 2.36. The van der Waals surface area contributed by atoms with Gasteiger partial charge in [0.05, 0.1) is 0 Å². The predicted molar refractivity (Wildman–Crippen MR) is 263 cm³/mol. The SMILES string of the molecule is CC1(C)c2ccc(-c3ccc4oc5ccc(-c6c7ccccc7c(-c7ccc(-c8cccc9ccccc89)cc7)c7ccccc67)cc5c4c3)cc2-c2cc3ccccc3cc21. The van der Waals surface area contributed by atoms with Crippen LogP contribution in [0.2, 0.25) is 0 Å². The molecule has 1 heteroatoms. The summed E-state index contributed by atoms with van der Waals surface area (Å²) in [6, 6.07) is 76.2. The molecule has 0 saturated carbocycles. The molecular weight excluding hydrogens is 749 g/mol. The van der Waals surface area contributed by atoms with Gasteiger partial charge in [-0.1, -0.05) is 178 Å². The summed E-state index contributed by atoms with van der Waals surface area (Å²) in [7, 11) is 0. The summed E-state index contributed by atoms with van der Waals surface area (Å²) in [6.45, 7) is 4.72. The molecule has 1 nitrogen and oxygen atoms in total. The van der Waals surface area contributed by atoms with Crippen molar-refractivity contribution in [3.63, 3.8) is 0 Å². The molecule has 0 unspecified atom stereocenters. The Morgan fingerprint density at radius 2 is 0.758 bits per heavy atom. The zero-order valence-electron chi connectivity index (χ0n) is 34.5. The molecule has 13 rings (SSSR count). The Morgan fingerprint density at radius 3 is 1.44 bits per heavy atom. The summed E-state index contributed by atoms with van der Waals surface area (Å²) in [5.74, 6) is 0. The molecule has 1 aromatic heterocycles. The van der Waals surface area contributed by atoms with Gasteiger partial charge in [0, 0.05) is 16.2 Å². The smallest absolute Gasteiger partial charge is 0.135 e. The van der Waals surface area contributed by atoms with Gasteiger partial charge in [0.2, 0.25) is 0 Å². The van der Waals surface area contributed by atoms with Crippen LogP contribution in [-0.4, -0.2) is 0 Å². The normalized spacial score (nSPS) is 13.1. The summed E-state index contributed by atoms with van der Waals surface area (Å²) in [5, 5.41) is 12.3. The maximum Gasteiger partial charge on any atom is 0.135 e. The Kier molecular flexibility index (Phi) is 7.42. The lowest BCUT2D eigenvalue weighted by molar-refractivity contribution is 0.661. The van der Waals surface area contributed by atoms with Crippen LogP contribution >= 0.6 is 0 Å². The van der Waals surface area contributed by atoms with Crippen LogP contribution in [0.3, 0.4) is 0 Å². The van der Waals surface area contributed by atoms with Crippen molar-refractivity contribution >= 4 is 65.0 Å².